The minimum atomic E-state index is -0.215. The quantitative estimate of drug-likeness (QED) is 0.428. The summed E-state index contributed by atoms with van der Waals surface area (Å²) < 4.78 is 7.16. The molecular formula is C26H26N4O2S. The predicted molar refractivity (Wildman–Crippen MR) is 133 cm³/mol. The minimum absolute atomic E-state index is 0.215. The van der Waals surface area contributed by atoms with Crippen LogP contribution in [0.5, 0.6) is 0 Å². The molecule has 3 heterocycles. The molecule has 0 spiro atoms. The Hall–Kier alpha value is -3.29. The van der Waals surface area contributed by atoms with E-state index in [0.29, 0.717) is 17.1 Å². The maximum Gasteiger partial charge on any atom is 0.274 e. The van der Waals surface area contributed by atoms with Gasteiger partial charge in [-0.2, -0.15) is 16.9 Å². The van der Waals surface area contributed by atoms with Crippen LogP contribution in [-0.4, -0.2) is 45.2 Å². The fourth-order valence-corrected chi connectivity index (χ4v) is 5.00. The lowest BCUT2D eigenvalue weighted by Crippen LogP contribution is -2.31. The summed E-state index contributed by atoms with van der Waals surface area (Å²) in [5, 5.41) is 7.72. The second-order valence-corrected chi connectivity index (χ2v) is 9.36. The fourth-order valence-electron chi connectivity index (χ4n) is 4.02. The maximum absolute atomic E-state index is 13.3. The molecule has 6 nitrogen and oxygen atoms in total. The molecule has 1 aliphatic rings. The topological polar surface area (TPSA) is 63.3 Å². The molecule has 0 atom stereocenters. The normalized spacial score (nSPS) is 14.3. The number of benzene rings is 2. The van der Waals surface area contributed by atoms with E-state index in [-0.39, 0.29) is 5.91 Å². The van der Waals surface area contributed by atoms with Gasteiger partial charge in [-0.15, -0.1) is 0 Å². The Morgan fingerprint density at radius 3 is 2.61 bits per heavy atom. The van der Waals surface area contributed by atoms with Crippen molar-refractivity contribution in [2.75, 3.05) is 29.9 Å². The molecule has 33 heavy (non-hydrogen) atoms. The summed E-state index contributed by atoms with van der Waals surface area (Å²) in [6.07, 6.45) is 1.60. The summed E-state index contributed by atoms with van der Waals surface area (Å²) in [5.74, 6) is 2.80. The molecule has 168 valence electrons. The summed E-state index contributed by atoms with van der Waals surface area (Å²) in [4.78, 5) is 15.8. The average molecular weight is 459 g/mol. The monoisotopic (exact) mass is 458 g/mol. The van der Waals surface area contributed by atoms with Crippen LogP contribution in [0.2, 0.25) is 0 Å². The lowest BCUT2D eigenvalue weighted by Gasteiger charge is -2.26. The molecule has 4 aromatic rings. The lowest BCUT2D eigenvalue weighted by atomic mass is 10.1. The standard InChI is InChI=1S/C26H26N4O2S/c1-19-16-20(18-29-11-14-33-15-12-29)9-10-22(19)27-26(31)24-17-23(25-8-5-13-32-25)28-30(24)21-6-3-2-4-7-21/h2-10,13,16-17H,11-12,14-15,18H2,1H3,(H,27,31). The number of thioether (sulfide) groups is 1. The van der Waals surface area contributed by atoms with Crippen molar-refractivity contribution in [1.82, 2.24) is 14.7 Å². The Morgan fingerprint density at radius 1 is 1.06 bits per heavy atom. The Bertz CT molecular complexity index is 1230. The number of rotatable bonds is 6. The van der Waals surface area contributed by atoms with Crippen LogP contribution in [0.1, 0.15) is 21.6 Å². The molecule has 1 N–H and O–H groups in total. The zero-order valence-electron chi connectivity index (χ0n) is 18.5. The first-order valence-electron chi connectivity index (χ1n) is 11.1. The number of furan rings is 1. The van der Waals surface area contributed by atoms with Gasteiger partial charge in [0.25, 0.3) is 5.91 Å². The molecule has 2 aromatic heterocycles. The zero-order chi connectivity index (χ0) is 22.6. The van der Waals surface area contributed by atoms with E-state index in [1.54, 1.807) is 17.0 Å². The molecule has 1 fully saturated rings. The number of nitrogens with zero attached hydrogens (tertiary/aromatic N) is 3. The Kier molecular flexibility index (Phi) is 6.32. The molecule has 7 heteroatoms. The Labute approximate surface area is 197 Å². The van der Waals surface area contributed by atoms with Crippen molar-refractivity contribution in [3.8, 4) is 17.1 Å². The van der Waals surface area contributed by atoms with Crippen molar-refractivity contribution in [3.05, 3.63) is 89.8 Å². The summed E-state index contributed by atoms with van der Waals surface area (Å²) in [6, 6.07) is 21.3. The summed E-state index contributed by atoms with van der Waals surface area (Å²) >= 11 is 2.02. The molecule has 1 saturated heterocycles. The van der Waals surface area contributed by atoms with Crippen molar-refractivity contribution in [1.29, 1.82) is 0 Å². The predicted octanol–water partition coefficient (Wildman–Crippen LogP) is 5.24. The van der Waals surface area contributed by atoms with Crippen molar-refractivity contribution >= 4 is 23.4 Å². The SMILES string of the molecule is Cc1cc(CN2CCSCC2)ccc1NC(=O)c1cc(-c2ccco2)nn1-c1ccccc1. The van der Waals surface area contributed by atoms with Crippen molar-refractivity contribution in [2.45, 2.75) is 13.5 Å². The molecule has 5 rings (SSSR count). The van der Waals surface area contributed by atoms with E-state index in [2.05, 4.69) is 27.4 Å². The van der Waals surface area contributed by atoms with Gasteiger partial charge in [0.1, 0.15) is 11.4 Å². The van der Waals surface area contributed by atoms with Gasteiger partial charge in [-0.3, -0.25) is 9.69 Å². The highest BCUT2D eigenvalue weighted by Gasteiger charge is 2.20. The first-order chi connectivity index (χ1) is 16.2. The first kappa shape index (κ1) is 21.6. The molecule has 0 bridgehead atoms. The van der Waals surface area contributed by atoms with Crippen molar-refractivity contribution in [2.24, 2.45) is 0 Å². The molecule has 2 aromatic carbocycles. The number of carbonyl (C=O) groups excluding carboxylic acids is 1. The number of carbonyl (C=O) groups is 1. The van der Waals surface area contributed by atoms with Crippen LogP contribution < -0.4 is 5.32 Å². The van der Waals surface area contributed by atoms with Gasteiger partial charge < -0.3 is 9.73 Å². The van der Waals surface area contributed by atoms with Gasteiger partial charge in [-0.05, 0) is 48.4 Å². The number of anilines is 1. The first-order valence-corrected chi connectivity index (χ1v) is 12.2. The number of amides is 1. The van der Waals surface area contributed by atoms with E-state index in [4.69, 9.17) is 4.42 Å². The minimum Gasteiger partial charge on any atom is -0.463 e. The van der Waals surface area contributed by atoms with E-state index in [0.717, 1.165) is 36.6 Å². The third kappa shape index (κ3) is 4.89. The summed E-state index contributed by atoms with van der Waals surface area (Å²) in [7, 11) is 0. The van der Waals surface area contributed by atoms with Crippen LogP contribution in [0.3, 0.4) is 0 Å². The van der Waals surface area contributed by atoms with Gasteiger partial charge in [0.2, 0.25) is 0 Å². The van der Waals surface area contributed by atoms with Gasteiger partial charge in [-0.1, -0.05) is 30.3 Å². The molecule has 0 aliphatic carbocycles. The average Bonchev–Trinajstić information content (AvgIpc) is 3.52. The smallest absolute Gasteiger partial charge is 0.274 e. The molecule has 0 radical (unpaired) electrons. The second kappa shape index (κ2) is 9.68. The number of nitrogens with one attached hydrogen (secondary N) is 1. The van der Waals surface area contributed by atoms with Crippen LogP contribution in [-0.2, 0) is 6.54 Å². The van der Waals surface area contributed by atoms with Crippen LogP contribution in [0.25, 0.3) is 17.1 Å². The second-order valence-electron chi connectivity index (χ2n) is 8.13. The van der Waals surface area contributed by atoms with E-state index >= 15 is 0 Å². The Balaban J connectivity index is 1.39. The van der Waals surface area contributed by atoms with Gasteiger partial charge in [-0.25, -0.2) is 4.68 Å². The number of aromatic nitrogens is 2. The third-order valence-electron chi connectivity index (χ3n) is 5.77. The third-order valence-corrected chi connectivity index (χ3v) is 6.71. The van der Waals surface area contributed by atoms with Crippen LogP contribution in [0.15, 0.2) is 77.4 Å². The van der Waals surface area contributed by atoms with E-state index in [1.807, 2.05) is 67.2 Å². The zero-order valence-corrected chi connectivity index (χ0v) is 19.3. The number of aryl methyl sites for hydroxylation is 1. The number of para-hydroxylation sites is 1. The highest BCUT2D eigenvalue weighted by Crippen LogP contribution is 2.24. The summed E-state index contributed by atoms with van der Waals surface area (Å²) in [6.45, 7) is 5.24. The highest BCUT2D eigenvalue weighted by molar-refractivity contribution is 7.99. The van der Waals surface area contributed by atoms with Crippen LogP contribution in [0, 0.1) is 6.92 Å². The highest BCUT2D eigenvalue weighted by atomic mass is 32.2. The number of hydrogen-bond acceptors (Lipinski definition) is 5. The van der Waals surface area contributed by atoms with Gasteiger partial charge in [0.15, 0.2) is 5.76 Å². The summed E-state index contributed by atoms with van der Waals surface area (Å²) in [5.41, 5.74) is 4.99. The molecular weight excluding hydrogens is 432 g/mol. The maximum atomic E-state index is 13.3. The van der Waals surface area contributed by atoms with Crippen LogP contribution in [0.4, 0.5) is 5.69 Å². The number of hydrogen-bond donors (Lipinski definition) is 1. The van der Waals surface area contributed by atoms with Crippen LogP contribution >= 0.6 is 11.8 Å². The largest absolute Gasteiger partial charge is 0.463 e. The van der Waals surface area contributed by atoms with Crippen molar-refractivity contribution in [3.63, 3.8) is 0 Å². The molecule has 1 amide bonds. The molecule has 0 unspecified atom stereocenters. The fraction of sp³-hybridized carbons (Fsp3) is 0.231. The van der Waals surface area contributed by atoms with Gasteiger partial charge in [0, 0.05) is 42.9 Å². The lowest BCUT2D eigenvalue weighted by molar-refractivity contribution is 0.101. The van der Waals surface area contributed by atoms with E-state index in [9.17, 15) is 4.79 Å². The van der Waals surface area contributed by atoms with E-state index in [1.165, 1.54) is 17.1 Å². The van der Waals surface area contributed by atoms with Crippen molar-refractivity contribution < 1.29 is 9.21 Å². The van der Waals surface area contributed by atoms with Gasteiger partial charge in [0.05, 0.1) is 12.0 Å². The molecule has 0 saturated carbocycles. The Morgan fingerprint density at radius 2 is 1.88 bits per heavy atom. The van der Waals surface area contributed by atoms with Gasteiger partial charge >= 0.3 is 0 Å². The van der Waals surface area contributed by atoms with E-state index < -0.39 is 0 Å². The molecule has 1 aliphatic heterocycles.